The Labute approximate surface area is 163 Å². The summed E-state index contributed by atoms with van der Waals surface area (Å²) < 4.78 is 6.03. The summed E-state index contributed by atoms with van der Waals surface area (Å²) in [5, 5.41) is 0. The summed E-state index contributed by atoms with van der Waals surface area (Å²) in [5.74, 6) is 0.706. The second-order valence-corrected chi connectivity index (χ2v) is 7.12. The van der Waals surface area contributed by atoms with Gasteiger partial charge in [-0.2, -0.15) is 0 Å². The van der Waals surface area contributed by atoms with Crippen molar-refractivity contribution < 1.29 is 9.53 Å². The number of hydrogen-bond acceptors (Lipinski definition) is 4. The minimum atomic E-state index is -0.171. The average Bonchev–Trinajstić information content (AvgIpc) is 2.55. The van der Waals surface area contributed by atoms with Crippen LogP contribution >= 0.6 is 24.8 Å². The van der Waals surface area contributed by atoms with Gasteiger partial charge in [-0.1, -0.05) is 25.1 Å². The smallest absolute Gasteiger partial charge is 0.338 e. The highest BCUT2D eigenvalue weighted by atomic mass is 35.5. The molecule has 2 aliphatic rings. The van der Waals surface area contributed by atoms with Crippen LogP contribution in [-0.4, -0.2) is 61.6 Å². The van der Waals surface area contributed by atoms with Crippen molar-refractivity contribution in [2.75, 3.05) is 33.7 Å². The van der Waals surface area contributed by atoms with E-state index < -0.39 is 0 Å². The van der Waals surface area contributed by atoms with Gasteiger partial charge >= 0.3 is 5.97 Å². The fourth-order valence-electron chi connectivity index (χ4n) is 4.31. The molecule has 1 saturated heterocycles. The number of carbonyl (C=O) groups is 1. The zero-order valence-electron chi connectivity index (χ0n) is 15.3. The molecule has 4 nitrogen and oxygen atoms in total. The molecule has 142 valence electrons. The fourth-order valence-corrected chi connectivity index (χ4v) is 4.31. The number of fused-ring (bicyclic) bond motifs is 2. The Morgan fingerprint density at radius 2 is 1.84 bits per heavy atom. The SMILES string of the molecule is CCN1CC2CC[C@H](N(C)C)C(C1)[C@@H]2OC(=O)c1ccccc1.Cl.Cl. The van der Waals surface area contributed by atoms with Gasteiger partial charge in [0.25, 0.3) is 0 Å². The molecule has 1 aliphatic carbocycles. The van der Waals surface area contributed by atoms with Gasteiger partial charge in [-0.05, 0) is 45.6 Å². The van der Waals surface area contributed by atoms with Crippen molar-refractivity contribution in [3.8, 4) is 0 Å². The van der Waals surface area contributed by atoms with E-state index in [2.05, 4.69) is 30.8 Å². The van der Waals surface area contributed by atoms with E-state index in [1.165, 1.54) is 6.42 Å². The van der Waals surface area contributed by atoms with Crippen molar-refractivity contribution in [2.45, 2.75) is 31.9 Å². The maximum absolute atomic E-state index is 12.5. The molecule has 1 aromatic carbocycles. The van der Waals surface area contributed by atoms with E-state index in [0.29, 0.717) is 23.4 Å². The summed E-state index contributed by atoms with van der Waals surface area (Å²) >= 11 is 0. The molecule has 3 rings (SSSR count). The molecule has 0 amide bonds. The summed E-state index contributed by atoms with van der Waals surface area (Å²) in [7, 11) is 4.29. The summed E-state index contributed by atoms with van der Waals surface area (Å²) in [6.45, 7) is 5.38. The molecule has 4 atom stereocenters. The fraction of sp³-hybridized carbons (Fsp3) is 0.632. The lowest BCUT2D eigenvalue weighted by Gasteiger charge is -2.51. The molecular weight excluding hydrogens is 359 g/mol. The summed E-state index contributed by atoms with van der Waals surface area (Å²) in [4.78, 5) is 17.3. The van der Waals surface area contributed by atoms with Crippen molar-refractivity contribution in [1.29, 1.82) is 0 Å². The normalized spacial score (nSPS) is 28.6. The topological polar surface area (TPSA) is 32.8 Å². The first-order chi connectivity index (χ1) is 11.1. The summed E-state index contributed by atoms with van der Waals surface area (Å²) in [5.41, 5.74) is 0.657. The molecule has 2 unspecified atom stereocenters. The second kappa shape index (κ2) is 9.77. The third-order valence-corrected chi connectivity index (χ3v) is 5.54. The number of esters is 1. The monoisotopic (exact) mass is 388 g/mol. The van der Waals surface area contributed by atoms with Crippen LogP contribution < -0.4 is 0 Å². The highest BCUT2D eigenvalue weighted by Crippen LogP contribution is 2.39. The molecule has 1 aromatic rings. The lowest BCUT2D eigenvalue weighted by atomic mass is 9.71. The van der Waals surface area contributed by atoms with Crippen molar-refractivity contribution >= 4 is 30.8 Å². The van der Waals surface area contributed by atoms with Crippen LogP contribution in [0, 0.1) is 11.8 Å². The number of benzene rings is 1. The van der Waals surface area contributed by atoms with Crippen LogP contribution in [0.15, 0.2) is 30.3 Å². The predicted molar refractivity (Wildman–Crippen MR) is 106 cm³/mol. The predicted octanol–water partition coefficient (Wildman–Crippen LogP) is 3.35. The van der Waals surface area contributed by atoms with Gasteiger partial charge in [0.15, 0.2) is 0 Å². The van der Waals surface area contributed by atoms with E-state index in [1.54, 1.807) is 0 Å². The Morgan fingerprint density at radius 1 is 1.16 bits per heavy atom. The molecule has 0 N–H and O–H groups in total. The number of ether oxygens (including phenoxy) is 1. The second-order valence-electron chi connectivity index (χ2n) is 7.12. The quantitative estimate of drug-likeness (QED) is 0.740. The van der Waals surface area contributed by atoms with E-state index in [9.17, 15) is 4.79 Å². The average molecular weight is 389 g/mol. The number of piperidine rings is 1. The van der Waals surface area contributed by atoms with E-state index in [4.69, 9.17) is 4.74 Å². The maximum Gasteiger partial charge on any atom is 0.338 e. The summed E-state index contributed by atoms with van der Waals surface area (Å²) in [6, 6.07) is 9.87. The van der Waals surface area contributed by atoms with Gasteiger partial charge in [0, 0.05) is 31.0 Å². The van der Waals surface area contributed by atoms with E-state index >= 15 is 0 Å². The van der Waals surface area contributed by atoms with Crippen molar-refractivity contribution in [3.05, 3.63) is 35.9 Å². The lowest BCUT2D eigenvalue weighted by molar-refractivity contribution is -0.0910. The van der Waals surface area contributed by atoms with Gasteiger partial charge in [0.2, 0.25) is 0 Å². The molecule has 2 bridgehead atoms. The van der Waals surface area contributed by atoms with Crippen molar-refractivity contribution in [2.24, 2.45) is 11.8 Å². The Morgan fingerprint density at radius 3 is 2.44 bits per heavy atom. The molecule has 6 heteroatoms. The Bertz CT molecular complexity index is 541. The molecule has 2 fully saturated rings. The molecule has 1 aliphatic heterocycles. The molecule has 0 aromatic heterocycles. The van der Waals surface area contributed by atoms with Crippen LogP contribution in [0.1, 0.15) is 30.1 Å². The number of rotatable bonds is 4. The molecule has 1 saturated carbocycles. The number of hydrogen-bond donors (Lipinski definition) is 0. The molecule has 1 heterocycles. The van der Waals surface area contributed by atoms with Gasteiger partial charge in [0.05, 0.1) is 5.56 Å². The van der Waals surface area contributed by atoms with Gasteiger partial charge in [-0.15, -0.1) is 24.8 Å². The van der Waals surface area contributed by atoms with E-state index in [0.717, 1.165) is 26.1 Å². The van der Waals surface area contributed by atoms with Crippen LogP contribution in [0.3, 0.4) is 0 Å². The first kappa shape index (κ1) is 22.2. The number of likely N-dealkylation sites (tertiary alicyclic amines) is 1. The van der Waals surface area contributed by atoms with Crippen LogP contribution in [0.2, 0.25) is 0 Å². The first-order valence-electron chi connectivity index (χ1n) is 8.75. The first-order valence-corrected chi connectivity index (χ1v) is 8.75. The van der Waals surface area contributed by atoms with Crippen LogP contribution in [-0.2, 0) is 4.74 Å². The van der Waals surface area contributed by atoms with Crippen LogP contribution in [0.5, 0.6) is 0 Å². The molecule has 0 spiro atoms. The van der Waals surface area contributed by atoms with Gasteiger partial charge in [-0.3, -0.25) is 0 Å². The summed E-state index contributed by atoms with van der Waals surface area (Å²) in [6.07, 6.45) is 2.40. The zero-order valence-corrected chi connectivity index (χ0v) is 16.9. The number of nitrogens with zero attached hydrogens (tertiary/aromatic N) is 2. The minimum absolute atomic E-state index is 0. The maximum atomic E-state index is 12.5. The van der Waals surface area contributed by atoms with Gasteiger partial charge < -0.3 is 14.5 Å². The Balaban J connectivity index is 0.00000156. The van der Waals surface area contributed by atoms with Gasteiger partial charge in [-0.25, -0.2) is 4.79 Å². The number of carbonyl (C=O) groups excluding carboxylic acids is 1. The molecule has 0 radical (unpaired) electrons. The van der Waals surface area contributed by atoms with Crippen molar-refractivity contribution in [3.63, 3.8) is 0 Å². The molecule has 25 heavy (non-hydrogen) atoms. The van der Waals surface area contributed by atoms with E-state index in [1.807, 2.05) is 30.3 Å². The third kappa shape index (κ3) is 4.88. The Kier molecular flexibility index (Phi) is 8.69. The zero-order chi connectivity index (χ0) is 16.4. The largest absolute Gasteiger partial charge is 0.458 e. The van der Waals surface area contributed by atoms with E-state index in [-0.39, 0.29) is 36.9 Å². The van der Waals surface area contributed by atoms with Crippen LogP contribution in [0.25, 0.3) is 0 Å². The standard InChI is InChI=1S/C19H28N2O2.2ClH/c1-4-21-12-15-10-11-17(20(2)3)16(13-21)18(15)23-19(22)14-8-6-5-7-9-14;;/h5-9,15-18H,4,10-13H2,1-3H3;2*1H/t15?,16?,17-,18+;;/m0../s1. The minimum Gasteiger partial charge on any atom is -0.458 e. The Hall–Kier alpha value is -0.810. The lowest BCUT2D eigenvalue weighted by Crippen LogP contribution is -2.60. The highest BCUT2D eigenvalue weighted by molar-refractivity contribution is 5.89. The van der Waals surface area contributed by atoms with Crippen LogP contribution in [0.4, 0.5) is 0 Å². The van der Waals surface area contributed by atoms with Gasteiger partial charge in [0.1, 0.15) is 6.10 Å². The highest BCUT2D eigenvalue weighted by Gasteiger charge is 2.46. The molecular formula is C19H30Cl2N2O2. The number of halogens is 2. The van der Waals surface area contributed by atoms with Crippen molar-refractivity contribution in [1.82, 2.24) is 9.80 Å². The third-order valence-electron chi connectivity index (χ3n) is 5.54.